The van der Waals surface area contributed by atoms with Gasteiger partial charge in [-0.2, -0.15) is 0 Å². The Morgan fingerprint density at radius 2 is 1.81 bits per heavy atom. The smallest absolute Gasteiger partial charge is 0.290 e. The first-order valence-corrected chi connectivity index (χ1v) is 10.4. The van der Waals surface area contributed by atoms with Crippen LogP contribution in [-0.2, 0) is 11.4 Å². The molecule has 3 aromatic rings. The van der Waals surface area contributed by atoms with Crippen molar-refractivity contribution in [1.29, 1.82) is 0 Å². The summed E-state index contributed by atoms with van der Waals surface area (Å²) >= 11 is 0. The first kappa shape index (κ1) is 21.3. The average Bonchev–Trinajstić information content (AvgIpc) is 3.30. The van der Waals surface area contributed by atoms with E-state index < -0.39 is 0 Å². The van der Waals surface area contributed by atoms with Gasteiger partial charge in [-0.25, -0.2) is 0 Å². The molecule has 0 saturated carbocycles. The lowest BCUT2D eigenvalue weighted by Gasteiger charge is -2.21. The monoisotopic (exact) mass is 436 g/mol. The summed E-state index contributed by atoms with van der Waals surface area (Å²) in [5.74, 6) is 1.37. The number of amides is 2. The van der Waals surface area contributed by atoms with Gasteiger partial charge in [-0.3, -0.25) is 9.59 Å². The molecule has 2 amide bonds. The molecule has 8 heteroatoms. The predicted octanol–water partition coefficient (Wildman–Crippen LogP) is 3.73. The second-order valence-electron chi connectivity index (χ2n) is 7.10. The molecule has 1 aromatic heterocycles. The summed E-state index contributed by atoms with van der Waals surface area (Å²) in [6.45, 7) is 3.16. The number of likely N-dealkylation sites (N-methyl/N-ethyl adjacent to an activating group) is 1. The third-order valence-electron chi connectivity index (χ3n) is 4.91. The second-order valence-corrected chi connectivity index (χ2v) is 7.10. The largest absolute Gasteiger partial charge is 0.489 e. The number of para-hydroxylation sites is 1. The first-order chi connectivity index (χ1) is 15.6. The normalized spacial score (nSPS) is 12.2. The quantitative estimate of drug-likeness (QED) is 0.579. The van der Waals surface area contributed by atoms with Crippen LogP contribution in [0.3, 0.4) is 0 Å². The van der Waals surface area contributed by atoms with E-state index in [1.54, 1.807) is 31.2 Å². The Morgan fingerprint density at radius 3 is 2.59 bits per heavy atom. The van der Waals surface area contributed by atoms with Crippen LogP contribution in [0.2, 0.25) is 0 Å². The Bertz CT molecular complexity index is 1080. The molecule has 0 fully saturated rings. The molecule has 2 heterocycles. The first-order valence-electron chi connectivity index (χ1n) is 10.4. The third kappa shape index (κ3) is 5.03. The number of benzene rings is 2. The highest BCUT2D eigenvalue weighted by Gasteiger charge is 2.23. The minimum Gasteiger partial charge on any atom is -0.489 e. The molecule has 4 rings (SSSR count). The van der Waals surface area contributed by atoms with Crippen molar-refractivity contribution >= 4 is 17.5 Å². The number of fused-ring (bicyclic) bond motifs is 1. The molecular weight excluding hydrogens is 412 g/mol. The highest BCUT2D eigenvalue weighted by atomic mass is 16.6. The van der Waals surface area contributed by atoms with Crippen LogP contribution in [0, 0.1) is 0 Å². The number of nitrogens with one attached hydrogen (secondary N) is 1. The van der Waals surface area contributed by atoms with E-state index >= 15 is 0 Å². The maximum absolute atomic E-state index is 13.0. The number of ether oxygens (including phenoxy) is 3. The maximum atomic E-state index is 13.0. The van der Waals surface area contributed by atoms with Crippen molar-refractivity contribution in [3.8, 4) is 17.2 Å². The number of hydrogen-bond donors (Lipinski definition) is 1. The van der Waals surface area contributed by atoms with Crippen LogP contribution in [0.4, 0.5) is 5.69 Å². The Labute approximate surface area is 185 Å². The van der Waals surface area contributed by atoms with E-state index in [0.29, 0.717) is 48.3 Å². The van der Waals surface area contributed by atoms with E-state index in [9.17, 15) is 9.59 Å². The number of carbonyl (C=O) groups is 2. The van der Waals surface area contributed by atoms with Crippen LogP contribution in [0.1, 0.15) is 23.0 Å². The minimum absolute atomic E-state index is 0.122. The van der Waals surface area contributed by atoms with Gasteiger partial charge < -0.3 is 28.8 Å². The van der Waals surface area contributed by atoms with Crippen molar-refractivity contribution in [2.45, 2.75) is 13.5 Å². The van der Waals surface area contributed by atoms with Gasteiger partial charge in [0.25, 0.3) is 5.91 Å². The standard InChI is InChI=1S/C24H24N2O6/c1-2-26(15-22(27)25-18-8-9-20-21(14-18)30-13-12-29-20)24(28)23-17(10-11-31-23)16-32-19-6-4-3-5-7-19/h3-11,14H,2,12-13,15-16H2,1H3,(H,25,27). The predicted molar refractivity (Wildman–Crippen MR) is 117 cm³/mol. The van der Waals surface area contributed by atoms with E-state index in [-0.39, 0.29) is 30.7 Å². The fourth-order valence-corrected chi connectivity index (χ4v) is 3.28. The van der Waals surface area contributed by atoms with E-state index in [1.807, 2.05) is 30.3 Å². The van der Waals surface area contributed by atoms with Gasteiger partial charge in [0.05, 0.1) is 6.26 Å². The van der Waals surface area contributed by atoms with Crippen molar-refractivity contribution in [2.75, 3.05) is 31.6 Å². The van der Waals surface area contributed by atoms with E-state index in [1.165, 1.54) is 11.2 Å². The van der Waals surface area contributed by atoms with Crippen LogP contribution < -0.4 is 19.5 Å². The average molecular weight is 436 g/mol. The number of hydrogen-bond acceptors (Lipinski definition) is 6. The molecule has 1 aliphatic rings. The van der Waals surface area contributed by atoms with Gasteiger partial charge in [0, 0.05) is 23.9 Å². The molecule has 32 heavy (non-hydrogen) atoms. The van der Waals surface area contributed by atoms with Crippen LogP contribution in [0.5, 0.6) is 17.2 Å². The SMILES string of the molecule is CCN(CC(=O)Nc1ccc2c(c1)OCCO2)C(=O)c1occc1COc1ccccc1. The van der Waals surface area contributed by atoms with Gasteiger partial charge in [-0.15, -0.1) is 0 Å². The van der Waals surface area contributed by atoms with E-state index in [4.69, 9.17) is 18.6 Å². The summed E-state index contributed by atoms with van der Waals surface area (Å²) < 4.78 is 22.2. The van der Waals surface area contributed by atoms with Crippen LogP contribution in [0.25, 0.3) is 0 Å². The third-order valence-corrected chi connectivity index (χ3v) is 4.91. The van der Waals surface area contributed by atoms with Crippen molar-refractivity contribution in [2.24, 2.45) is 0 Å². The Hall–Kier alpha value is -3.94. The lowest BCUT2D eigenvalue weighted by molar-refractivity contribution is -0.116. The summed E-state index contributed by atoms with van der Waals surface area (Å²) in [5.41, 5.74) is 1.18. The van der Waals surface area contributed by atoms with Gasteiger partial charge >= 0.3 is 0 Å². The summed E-state index contributed by atoms with van der Waals surface area (Å²) in [6.07, 6.45) is 1.44. The Morgan fingerprint density at radius 1 is 1.03 bits per heavy atom. The van der Waals surface area contributed by atoms with Crippen molar-refractivity contribution < 1.29 is 28.2 Å². The zero-order valence-electron chi connectivity index (χ0n) is 17.7. The molecule has 0 aliphatic carbocycles. The molecule has 0 bridgehead atoms. The van der Waals surface area contributed by atoms with E-state index in [0.717, 1.165) is 0 Å². The van der Waals surface area contributed by atoms with Crippen molar-refractivity contribution in [1.82, 2.24) is 4.90 Å². The second kappa shape index (κ2) is 9.91. The summed E-state index contributed by atoms with van der Waals surface area (Å²) in [7, 11) is 0. The lowest BCUT2D eigenvalue weighted by Crippen LogP contribution is -2.38. The number of anilines is 1. The molecule has 0 unspecified atom stereocenters. The van der Waals surface area contributed by atoms with Crippen molar-refractivity contribution in [3.63, 3.8) is 0 Å². The van der Waals surface area contributed by atoms with Crippen LogP contribution in [0.15, 0.2) is 65.3 Å². The highest BCUT2D eigenvalue weighted by Crippen LogP contribution is 2.32. The molecule has 0 saturated heterocycles. The molecule has 0 spiro atoms. The zero-order chi connectivity index (χ0) is 22.3. The van der Waals surface area contributed by atoms with Gasteiger partial charge in [0.1, 0.15) is 32.1 Å². The fourth-order valence-electron chi connectivity index (χ4n) is 3.28. The number of nitrogens with zero attached hydrogens (tertiary/aromatic N) is 1. The van der Waals surface area contributed by atoms with Crippen LogP contribution in [-0.4, -0.2) is 43.0 Å². The maximum Gasteiger partial charge on any atom is 0.290 e. The van der Waals surface area contributed by atoms with E-state index in [2.05, 4.69) is 5.32 Å². The van der Waals surface area contributed by atoms with Gasteiger partial charge in [-0.05, 0) is 37.3 Å². The van der Waals surface area contributed by atoms with Gasteiger partial charge in [-0.1, -0.05) is 18.2 Å². The van der Waals surface area contributed by atoms with Crippen LogP contribution >= 0.6 is 0 Å². The Kier molecular flexibility index (Phi) is 6.60. The number of furan rings is 1. The summed E-state index contributed by atoms with van der Waals surface area (Å²) in [4.78, 5) is 27.0. The summed E-state index contributed by atoms with van der Waals surface area (Å²) in [5, 5.41) is 2.79. The topological polar surface area (TPSA) is 90.2 Å². The minimum atomic E-state index is -0.374. The lowest BCUT2D eigenvalue weighted by atomic mass is 10.2. The molecule has 166 valence electrons. The highest BCUT2D eigenvalue weighted by molar-refractivity contribution is 5.98. The Balaban J connectivity index is 1.38. The molecule has 0 atom stereocenters. The fraction of sp³-hybridized carbons (Fsp3) is 0.250. The molecule has 8 nitrogen and oxygen atoms in total. The number of rotatable bonds is 8. The molecule has 2 aromatic carbocycles. The van der Waals surface area contributed by atoms with Gasteiger partial charge in [0.15, 0.2) is 17.3 Å². The molecule has 1 N–H and O–H groups in total. The zero-order valence-corrected chi connectivity index (χ0v) is 17.7. The molecule has 1 aliphatic heterocycles. The molecular formula is C24H24N2O6. The summed E-state index contributed by atoms with van der Waals surface area (Å²) in [6, 6.07) is 16.2. The van der Waals surface area contributed by atoms with Gasteiger partial charge in [0.2, 0.25) is 5.91 Å². The molecule has 0 radical (unpaired) electrons. The number of carbonyl (C=O) groups excluding carboxylic acids is 2. The van der Waals surface area contributed by atoms with Crippen molar-refractivity contribution in [3.05, 3.63) is 72.2 Å².